The third-order valence-corrected chi connectivity index (χ3v) is 9.27. The van der Waals surface area contributed by atoms with E-state index in [0.29, 0.717) is 43.9 Å². The van der Waals surface area contributed by atoms with Crippen molar-refractivity contribution < 1.29 is 35.5 Å². The molecule has 1 atom stereocenters. The summed E-state index contributed by atoms with van der Waals surface area (Å²) in [5.41, 5.74) is 1.15. The van der Waals surface area contributed by atoms with Gasteiger partial charge in [-0.2, -0.15) is 13.2 Å². The normalized spacial score (nSPS) is 12.8. The molecule has 4 aromatic carbocycles. The molecule has 0 saturated carbocycles. The number of aromatic amines is 1. The number of carbonyl (C=O) groups excluding carboxylic acids is 1. The van der Waals surface area contributed by atoms with Gasteiger partial charge in [0, 0.05) is 45.6 Å². The van der Waals surface area contributed by atoms with Crippen molar-refractivity contribution in [2.45, 2.75) is 26.1 Å². The van der Waals surface area contributed by atoms with Gasteiger partial charge in [0.1, 0.15) is 28.7 Å². The largest absolute Gasteiger partial charge is 0.457 e. The van der Waals surface area contributed by atoms with Crippen LogP contribution in [0.25, 0.3) is 44.0 Å². The van der Waals surface area contributed by atoms with E-state index in [1.165, 1.54) is 24.3 Å². The van der Waals surface area contributed by atoms with Gasteiger partial charge in [-0.1, -0.05) is 29.8 Å². The number of halogens is 4. The SMILES string of the molecule is CCN(c1cc2oc3c4ccc(Oc5cccc(Cl)c5)cc4[nH]c(=O)c3c2cc1-c1cccc(C(=O)N[C@@H](C)C(F)(F)F)c1)S(C)(=O)=O. The Morgan fingerprint density at radius 3 is 2.44 bits per heavy atom. The van der Waals surface area contributed by atoms with Crippen LogP contribution >= 0.6 is 11.6 Å². The van der Waals surface area contributed by atoms with Gasteiger partial charge in [0.05, 0.1) is 22.8 Å². The number of furan rings is 1. The quantitative estimate of drug-likeness (QED) is 0.166. The van der Waals surface area contributed by atoms with Gasteiger partial charge in [-0.15, -0.1) is 0 Å². The zero-order valence-electron chi connectivity index (χ0n) is 25.6. The zero-order chi connectivity index (χ0) is 34.5. The Morgan fingerprint density at radius 1 is 1.02 bits per heavy atom. The minimum atomic E-state index is -4.65. The molecule has 0 unspecified atom stereocenters. The maximum atomic E-state index is 13.6. The molecule has 6 aromatic rings. The first-order valence-corrected chi connectivity index (χ1v) is 16.8. The molecule has 0 aliphatic heterocycles. The molecule has 14 heteroatoms. The molecule has 2 aromatic heterocycles. The molecule has 0 saturated heterocycles. The van der Waals surface area contributed by atoms with E-state index >= 15 is 0 Å². The number of pyridine rings is 1. The molecule has 0 aliphatic carbocycles. The molecular weight excluding hydrogens is 671 g/mol. The predicted molar refractivity (Wildman–Crippen MR) is 180 cm³/mol. The lowest BCUT2D eigenvalue weighted by Crippen LogP contribution is -2.43. The Kier molecular flexibility index (Phi) is 8.38. The van der Waals surface area contributed by atoms with Crippen molar-refractivity contribution in [1.29, 1.82) is 0 Å². The highest BCUT2D eigenvalue weighted by atomic mass is 35.5. The van der Waals surface area contributed by atoms with Crippen LogP contribution in [0.4, 0.5) is 18.9 Å². The number of hydrogen-bond acceptors (Lipinski definition) is 6. The summed E-state index contributed by atoms with van der Waals surface area (Å²) in [5, 5.41) is 3.54. The Labute approximate surface area is 276 Å². The van der Waals surface area contributed by atoms with Gasteiger partial charge in [-0.3, -0.25) is 13.9 Å². The zero-order valence-corrected chi connectivity index (χ0v) is 27.2. The molecule has 0 aliphatic rings. The Hall–Kier alpha value is -5.01. The first kappa shape index (κ1) is 32.9. The van der Waals surface area contributed by atoms with Crippen LogP contribution in [0.2, 0.25) is 5.02 Å². The molecule has 2 N–H and O–H groups in total. The summed E-state index contributed by atoms with van der Waals surface area (Å²) in [7, 11) is -3.83. The standard InChI is InChI=1S/C34H27ClF3N3O6S/c1-4-41(48(3,44)45)28-17-29-26(16-25(28)19-7-5-8-20(13-19)32(42)39-18(2)34(36,37)38)30-31(47-29)24-12-11-23(15-27(24)40-33(30)43)46-22-10-6-9-21(35)14-22/h5-18H,4H2,1-3H3,(H,39,42)(H,40,43)/t18-/m0/s1. The van der Waals surface area contributed by atoms with E-state index < -0.39 is 33.7 Å². The van der Waals surface area contributed by atoms with E-state index in [0.717, 1.165) is 17.5 Å². The Balaban J connectivity index is 1.52. The van der Waals surface area contributed by atoms with Crippen LogP contribution in [0.15, 0.2) is 88.1 Å². The van der Waals surface area contributed by atoms with Crippen LogP contribution in [0, 0.1) is 0 Å². The predicted octanol–water partition coefficient (Wildman–Crippen LogP) is 8.01. The van der Waals surface area contributed by atoms with E-state index in [9.17, 15) is 31.2 Å². The molecule has 0 spiro atoms. The summed E-state index contributed by atoms with van der Waals surface area (Å²) in [5.74, 6) is -0.0345. The Morgan fingerprint density at radius 2 is 1.75 bits per heavy atom. The number of H-pyrrole nitrogens is 1. The van der Waals surface area contributed by atoms with Crippen molar-refractivity contribution in [2.24, 2.45) is 0 Å². The molecular formula is C34H27ClF3N3O6S. The number of sulfonamides is 1. The van der Waals surface area contributed by atoms with Gasteiger partial charge in [0.2, 0.25) is 10.0 Å². The number of hydrogen-bond donors (Lipinski definition) is 2. The van der Waals surface area contributed by atoms with Crippen molar-refractivity contribution in [2.75, 3.05) is 17.1 Å². The average molecular weight is 698 g/mol. The van der Waals surface area contributed by atoms with Gasteiger partial charge in [-0.05, 0) is 67.9 Å². The van der Waals surface area contributed by atoms with Gasteiger partial charge in [-0.25, -0.2) is 8.42 Å². The highest BCUT2D eigenvalue weighted by Crippen LogP contribution is 2.41. The van der Waals surface area contributed by atoms with Crippen LogP contribution in [0.3, 0.4) is 0 Å². The maximum absolute atomic E-state index is 13.6. The van der Waals surface area contributed by atoms with E-state index in [-0.39, 0.29) is 34.3 Å². The fourth-order valence-electron chi connectivity index (χ4n) is 5.50. The molecule has 2 heterocycles. The highest BCUT2D eigenvalue weighted by Gasteiger charge is 2.37. The summed E-state index contributed by atoms with van der Waals surface area (Å²) in [6.07, 6.45) is -3.61. The Bertz CT molecular complexity index is 2410. The van der Waals surface area contributed by atoms with E-state index in [1.807, 2.05) is 5.32 Å². The number of nitrogens with one attached hydrogen (secondary N) is 2. The van der Waals surface area contributed by atoms with Crippen molar-refractivity contribution in [3.63, 3.8) is 0 Å². The van der Waals surface area contributed by atoms with E-state index in [4.69, 9.17) is 20.8 Å². The second-order valence-electron chi connectivity index (χ2n) is 11.1. The lowest BCUT2D eigenvalue weighted by atomic mass is 9.98. The maximum Gasteiger partial charge on any atom is 0.408 e. The molecule has 1 amide bonds. The van der Waals surface area contributed by atoms with E-state index in [2.05, 4.69) is 4.98 Å². The summed E-state index contributed by atoms with van der Waals surface area (Å²) in [6.45, 7) is 2.49. The highest BCUT2D eigenvalue weighted by molar-refractivity contribution is 7.92. The first-order chi connectivity index (χ1) is 22.6. The molecule has 9 nitrogen and oxygen atoms in total. The van der Waals surface area contributed by atoms with Gasteiger partial charge < -0.3 is 19.5 Å². The van der Waals surface area contributed by atoms with Crippen LogP contribution in [0.1, 0.15) is 24.2 Å². The average Bonchev–Trinajstić information content (AvgIpc) is 3.39. The van der Waals surface area contributed by atoms with Crippen molar-refractivity contribution in [1.82, 2.24) is 10.3 Å². The number of benzene rings is 4. The number of amides is 1. The number of nitrogens with zero attached hydrogens (tertiary/aromatic N) is 1. The van der Waals surface area contributed by atoms with Crippen molar-refractivity contribution in [3.8, 4) is 22.6 Å². The molecule has 48 heavy (non-hydrogen) atoms. The number of carbonyl (C=O) groups is 1. The molecule has 248 valence electrons. The number of rotatable bonds is 8. The monoisotopic (exact) mass is 697 g/mol. The lowest BCUT2D eigenvalue weighted by Gasteiger charge is -2.24. The third-order valence-electron chi connectivity index (χ3n) is 7.78. The minimum Gasteiger partial charge on any atom is -0.457 e. The van der Waals surface area contributed by atoms with Crippen LogP contribution in [0.5, 0.6) is 11.5 Å². The van der Waals surface area contributed by atoms with E-state index in [1.54, 1.807) is 61.5 Å². The van der Waals surface area contributed by atoms with Crippen molar-refractivity contribution >= 4 is 66.1 Å². The second kappa shape index (κ2) is 12.2. The number of aromatic nitrogens is 1. The lowest BCUT2D eigenvalue weighted by molar-refractivity contribution is -0.149. The first-order valence-electron chi connectivity index (χ1n) is 14.6. The van der Waals surface area contributed by atoms with Crippen molar-refractivity contribution in [3.05, 3.63) is 99.8 Å². The summed E-state index contributed by atoms with van der Waals surface area (Å²) in [4.78, 5) is 29.2. The molecule has 0 radical (unpaired) electrons. The third kappa shape index (κ3) is 6.30. The molecule has 0 bridgehead atoms. The van der Waals surface area contributed by atoms with Crippen LogP contribution in [-0.2, 0) is 10.0 Å². The van der Waals surface area contributed by atoms with Crippen LogP contribution < -0.4 is 19.9 Å². The molecule has 6 rings (SSSR count). The summed E-state index contributed by atoms with van der Waals surface area (Å²) >= 11 is 6.07. The smallest absolute Gasteiger partial charge is 0.408 e. The van der Waals surface area contributed by atoms with Gasteiger partial charge in [0.15, 0.2) is 0 Å². The number of anilines is 1. The van der Waals surface area contributed by atoms with Gasteiger partial charge >= 0.3 is 6.18 Å². The summed E-state index contributed by atoms with van der Waals surface area (Å²) in [6, 6.07) is 18.6. The molecule has 0 fully saturated rings. The topological polar surface area (TPSA) is 122 Å². The fourth-order valence-corrected chi connectivity index (χ4v) is 6.66. The number of fused-ring (bicyclic) bond motifs is 5. The van der Waals surface area contributed by atoms with Gasteiger partial charge in [0.25, 0.3) is 11.5 Å². The number of alkyl halides is 3. The summed E-state index contributed by atoms with van der Waals surface area (Å²) < 4.78 is 78.5. The second-order valence-corrected chi connectivity index (χ2v) is 13.5. The number of ether oxygens (including phenoxy) is 1. The fraction of sp³-hybridized carbons (Fsp3) is 0.176. The minimum absolute atomic E-state index is 0.0275. The van der Waals surface area contributed by atoms with Crippen LogP contribution in [-0.4, -0.2) is 44.3 Å².